The second-order valence-electron chi connectivity index (χ2n) is 3.66. The smallest absolute Gasteiger partial charge is 0.360 e. The number of alkyl halides is 2. The van der Waals surface area contributed by atoms with E-state index in [4.69, 9.17) is 0 Å². The third-order valence-electron chi connectivity index (χ3n) is 2.34. The molecule has 19 heavy (non-hydrogen) atoms. The Balaban J connectivity index is 2.21. The molecule has 0 atom stereocenters. The van der Waals surface area contributed by atoms with Crippen molar-refractivity contribution in [2.24, 2.45) is 0 Å². The summed E-state index contributed by atoms with van der Waals surface area (Å²) < 4.78 is 29.0. The van der Waals surface area contributed by atoms with Crippen molar-refractivity contribution in [2.45, 2.75) is 6.43 Å². The van der Waals surface area contributed by atoms with Gasteiger partial charge in [-0.1, -0.05) is 18.2 Å². The number of amides is 1. The van der Waals surface area contributed by atoms with Gasteiger partial charge in [0.1, 0.15) is 5.69 Å². The Kier molecular flexibility index (Phi) is 3.70. The summed E-state index contributed by atoms with van der Waals surface area (Å²) in [6, 6.07) is 10.2. The molecular weight excluding hydrogens is 256 g/mol. The quantitative estimate of drug-likeness (QED) is 0.928. The fourth-order valence-corrected chi connectivity index (χ4v) is 1.42. The maximum absolute atomic E-state index is 12.3. The van der Waals surface area contributed by atoms with Gasteiger partial charge in [-0.25, -0.2) is 13.6 Å². The molecule has 98 valence electrons. The van der Waals surface area contributed by atoms with Crippen LogP contribution < -0.4 is 10.9 Å². The molecule has 0 aliphatic rings. The van der Waals surface area contributed by atoms with E-state index in [-0.39, 0.29) is 5.69 Å². The summed E-state index contributed by atoms with van der Waals surface area (Å²) in [5.41, 5.74) is -0.847. The summed E-state index contributed by atoms with van der Waals surface area (Å²) in [5, 5.41) is 2.30. The third-order valence-corrected chi connectivity index (χ3v) is 2.34. The molecule has 0 saturated heterocycles. The molecule has 0 spiro atoms. The molecular formula is C13H9F2NO3. The van der Waals surface area contributed by atoms with E-state index in [1.165, 1.54) is 0 Å². The average molecular weight is 265 g/mol. The summed E-state index contributed by atoms with van der Waals surface area (Å²) in [6.07, 6.45) is -2.87. The van der Waals surface area contributed by atoms with Crippen LogP contribution in [0.3, 0.4) is 0 Å². The summed E-state index contributed by atoms with van der Waals surface area (Å²) in [7, 11) is 0. The van der Waals surface area contributed by atoms with Crippen LogP contribution in [0.2, 0.25) is 0 Å². The highest BCUT2D eigenvalue weighted by atomic mass is 19.3. The van der Waals surface area contributed by atoms with Crippen LogP contribution in [0.1, 0.15) is 22.5 Å². The lowest BCUT2D eigenvalue weighted by Crippen LogP contribution is -2.18. The third kappa shape index (κ3) is 3.04. The molecule has 1 amide bonds. The second kappa shape index (κ2) is 5.43. The van der Waals surface area contributed by atoms with Crippen molar-refractivity contribution in [3.8, 4) is 0 Å². The maximum atomic E-state index is 12.3. The fraction of sp³-hybridized carbons (Fsp3) is 0.0769. The molecule has 0 aliphatic heterocycles. The number of anilines is 1. The summed E-state index contributed by atoms with van der Waals surface area (Å²) in [4.78, 5) is 23.1. The molecule has 0 unspecified atom stereocenters. The maximum Gasteiger partial charge on any atom is 0.360 e. The van der Waals surface area contributed by atoms with E-state index in [9.17, 15) is 18.4 Å². The van der Waals surface area contributed by atoms with Crippen molar-refractivity contribution in [3.05, 3.63) is 64.2 Å². The van der Waals surface area contributed by atoms with Crippen molar-refractivity contribution >= 4 is 11.6 Å². The highest BCUT2D eigenvalue weighted by Crippen LogP contribution is 2.17. The van der Waals surface area contributed by atoms with Crippen molar-refractivity contribution < 1.29 is 18.0 Å². The van der Waals surface area contributed by atoms with Gasteiger partial charge in [-0.3, -0.25) is 4.79 Å². The number of benzene rings is 1. The van der Waals surface area contributed by atoms with Gasteiger partial charge in [0, 0.05) is 5.56 Å². The summed E-state index contributed by atoms with van der Waals surface area (Å²) in [6.45, 7) is 0. The zero-order chi connectivity index (χ0) is 13.8. The van der Waals surface area contributed by atoms with E-state index >= 15 is 0 Å². The molecule has 1 aromatic carbocycles. The van der Waals surface area contributed by atoms with Crippen LogP contribution in [0.15, 0.2) is 51.7 Å². The van der Waals surface area contributed by atoms with Gasteiger partial charge < -0.3 is 9.73 Å². The van der Waals surface area contributed by atoms with E-state index in [2.05, 4.69) is 9.73 Å². The number of halogens is 2. The van der Waals surface area contributed by atoms with E-state index in [1.807, 2.05) is 0 Å². The zero-order valence-corrected chi connectivity index (χ0v) is 9.60. The molecule has 6 heteroatoms. The minimum absolute atomic E-state index is 0.182. The molecule has 1 N–H and O–H groups in total. The van der Waals surface area contributed by atoms with Gasteiger partial charge in [-0.05, 0) is 24.3 Å². The SMILES string of the molecule is O=C(Nc1ccc(C(F)F)oc1=O)c1ccccc1. The molecule has 0 fully saturated rings. The van der Waals surface area contributed by atoms with Gasteiger partial charge in [0.15, 0.2) is 5.76 Å². The van der Waals surface area contributed by atoms with Crippen molar-refractivity contribution in [2.75, 3.05) is 5.32 Å². The van der Waals surface area contributed by atoms with Crippen molar-refractivity contribution in [1.82, 2.24) is 0 Å². The van der Waals surface area contributed by atoms with E-state index in [1.54, 1.807) is 30.3 Å². The number of hydrogen-bond acceptors (Lipinski definition) is 3. The van der Waals surface area contributed by atoms with Gasteiger partial charge in [-0.15, -0.1) is 0 Å². The molecule has 0 aliphatic carbocycles. The Morgan fingerprint density at radius 1 is 1.11 bits per heavy atom. The number of carbonyl (C=O) groups is 1. The molecule has 0 saturated carbocycles. The molecule has 4 nitrogen and oxygen atoms in total. The number of rotatable bonds is 3. The Hall–Kier alpha value is -2.50. The van der Waals surface area contributed by atoms with Crippen LogP contribution in [-0.2, 0) is 0 Å². The minimum atomic E-state index is -2.87. The van der Waals surface area contributed by atoms with Gasteiger partial charge in [0.25, 0.3) is 12.3 Å². The van der Waals surface area contributed by atoms with E-state index in [0.29, 0.717) is 5.56 Å². The molecule has 0 radical (unpaired) electrons. The highest BCUT2D eigenvalue weighted by Gasteiger charge is 2.14. The first-order chi connectivity index (χ1) is 9.08. The molecule has 1 aromatic heterocycles. The summed E-state index contributed by atoms with van der Waals surface area (Å²) in [5.74, 6) is -1.25. The van der Waals surface area contributed by atoms with E-state index in [0.717, 1.165) is 12.1 Å². The molecule has 0 bridgehead atoms. The zero-order valence-electron chi connectivity index (χ0n) is 9.60. The standard InChI is InChI=1S/C13H9F2NO3/c14-11(15)10-7-6-9(13(18)19-10)16-12(17)8-4-2-1-3-5-8/h1-7,11H,(H,16,17). The first-order valence-corrected chi connectivity index (χ1v) is 5.36. The van der Waals surface area contributed by atoms with Crippen LogP contribution in [0.4, 0.5) is 14.5 Å². The molecule has 2 rings (SSSR count). The summed E-state index contributed by atoms with van der Waals surface area (Å²) >= 11 is 0. The topological polar surface area (TPSA) is 59.3 Å². The van der Waals surface area contributed by atoms with Crippen LogP contribution >= 0.6 is 0 Å². The minimum Gasteiger partial charge on any atom is -0.420 e. The number of nitrogens with one attached hydrogen (secondary N) is 1. The van der Waals surface area contributed by atoms with Crippen molar-refractivity contribution in [1.29, 1.82) is 0 Å². The Morgan fingerprint density at radius 2 is 1.79 bits per heavy atom. The second-order valence-corrected chi connectivity index (χ2v) is 3.66. The van der Waals surface area contributed by atoms with Crippen LogP contribution in [0, 0.1) is 0 Å². The van der Waals surface area contributed by atoms with Gasteiger partial charge >= 0.3 is 5.63 Å². The van der Waals surface area contributed by atoms with Gasteiger partial charge in [0.2, 0.25) is 0 Å². The average Bonchev–Trinajstić information content (AvgIpc) is 2.41. The Labute approximate surface area is 106 Å². The van der Waals surface area contributed by atoms with Crippen molar-refractivity contribution in [3.63, 3.8) is 0 Å². The van der Waals surface area contributed by atoms with E-state index < -0.39 is 23.7 Å². The first-order valence-electron chi connectivity index (χ1n) is 5.36. The number of hydrogen-bond donors (Lipinski definition) is 1. The Morgan fingerprint density at radius 3 is 2.37 bits per heavy atom. The lowest BCUT2D eigenvalue weighted by atomic mass is 10.2. The van der Waals surface area contributed by atoms with Gasteiger partial charge in [0.05, 0.1) is 0 Å². The molecule has 2 aromatic rings. The first kappa shape index (κ1) is 12.9. The van der Waals surface area contributed by atoms with Gasteiger partial charge in [-0.2, -0.15) is 0 Å². The Bertz CT molecular complexity index is 638. The van der Waals surface area contributed by atoms with Crippen LogP contribution in [0.25, 0.3) is 0 Å². The predicted octanol–water partition coefficient (Wildman–Crippen LogP) is 2.83. The lowest BCUT2D eigenvalue weighted by Gasteiger charge is -2.04. The number of carbonyl (C=O) groups excluding carboxylic acids is 1. The predicted molar refractivity (Wildman–Crippen MR) is 64.3 cm³/mol. The fourth-order valence-electron chi connectivity index (χ4n) is 1.42. The van der Waals surface area contributed by atoms with Crippen LogP contribution in [-0.4, -0.2) is 5.91 Å². The lowest BCUT2D eigenvalue weighted by molar-refractivity contribution is 0.102. The van der Waals surface area contributed by atoms with Crippen LogP contribution in [0.5, 0.6) is 0 Å². The monoisotopic (exact) mass is 265 g/mol. The highest BCUT2D eigenvalue weighted by molar-refractivity contribution is 6.04. The largest absolute Gasteiger partial charge is 0.420 e. The normalized spacial score (nSPS) is 10.5. The molecule has 1 heterocycles.